The van der Waals surface area contributed by atoms with Gasteiger partial charge in [0.15, 0.2) is 0 Å². The Morgan fingerprint density at radius 1 is 1.25 bits per heavy atom. The molecule has 1 fully saturated rings. The summed E-state index contributed by atoms with van der Waals surface area (Å²) in [6.07, 6.45) is -2.60. The fraction of sp³-hybridized carbons (Fsp3) is 0.286. The molecule has 168 valence electrons. The van der Waals surface area contributed by atoms with Crippen molar-refractivity contribution in [1.29, 1.82) is 0 Å². The van der Waals surface area contributed by atoms with Crippen LogP contribution in [0.25, 0.3) is 5.69 Å². The number of nitrogens with two attached hydrogens (primary N) is 1. The number of nitrogen functional groups attached to an aromatic ring is 1. The number of anilines is 2. The minimum Gasteiger partial charge on any atom is -0.491 e. The highest BCUT2D eigenvalue weighted by Crippen LogP contribution is 2.31. The van der Waals surface area contributed by atoms with E-state index in [1.165, 1.54) is 10.9 Å². The van der Waals surface area contributed by atoms with Gasteiger partial charge in [0, 0.05) is 11.6 Å². The van der Waals surface area contributed by atoms with E-state index in [2.05, 4.69) is 22.3 Å². The van der Waals surface area contributed by atoms with E-state index in [9.17, 15) is 18.0 Å². The second-order valence-corrected chi connectivity index (χ2v) is 7.80. The Morgan fingerprint density at radius 2 is 2.00 bits per heavy atom. The number of halogens is 3. The average molecular weight is 447 g/mol. The van der Waals surface area contributed by atoms with Crippen molar-refractivity contribution >= 4 is 17.5 Å². The van der Waals surface area contributed by atoms with E-state index in [1.54, 1.807) is 18.2 Å². The van der Waals surface area contributed by atoms with Gasteiger partial charge in [0.2, 0.25) is 0 Å². The van der Waals surface area contributed by atoms with E-state index in [0.717, 1.165) is 12.1 Å². The minimum atomic E-state index is -4.51. The number of hydrogen-bond acceptors (Lipinski definition) is 6. The Balaban J connectivity index is 1.52. The summed E-state index contributed by atoms with van der Waals surface area (Å²) in [4.78, 5) is 16.2. The molecule has 3 aromatic rings. The highest BCUT2D eigenvalue weighted by molar-refractivity contribution is 6.06. The van der Waals surface area contributed by atoms with Crippen LogP contribution in [0.15, 0.2) is 48.8 Å². The molecule has 1 aliphatic rings. The zero-order valence-electron chi connectivity index (χ0n) is 17.0. The van der Waals surface area contributed by atoms with Crippen LogP contribution in [0, 0.1) is 5.41 Å². The minimum absolute atomic E-state index is 0.0425. The van der Waals surface area contributed by atoms with Gasteiger partial charge in [-0.1, -0.05) is 19.1 Å². The maximum absolute atomic E-state index is 12.7. The third kappa shape index (κ3) is 4.37. The molecule has 0 saturated carbocycles. The molecule has 32 heavy (non-hydrogen) atoms. The van der Waals surface area contributed by atoms with Gasteiger partial charge >= 0.3 is 6.18 Å². The maximum Gasteiger partial charge on any atom is 0.417 e. The van der Waals surface area contributed by atoms with Crippen LogP contribution in [0.5, 0.6) is 5.75 Å². The fourth-order valence-corrected chi connectivity index (χ4v) is 3.08. The van der Waals surface area contributed by atoms with Crippen molar-refractivity contribution in [3.05, 3.63) is 59.9 Å². The number of alkyl halides is 3. The number of nitrogens with one attached hydrogen (secondary N) is 1. The molecule has 11 heteroatoms. The van der Waals surface area contributed by atoms with Crippen molar-refractivity contribution in [1.82, 2.24) is 14.8 Å². The second-order valence-electron chi connectivity index (χ2n) is 7.80. The van der Waals surface area contributed by atoms with Gasteiger partial charge in [-0.25, -0.2) is 9.67 Å². The third-order valence-electron chi connectivity index (χ3n) is 4.95. The Hall–Kier alpha value is -3.60. The van der Waals surface area contributed by atoms with Gasteiger partial charge in [-0.05, 0) is 24.3 Å². The molecule has 8 nitrogen and oxygen atoms in total. The second kappa shape index (κ2) is 8.15. The standard InChI is InChI=1S/C21H20F3N5O3/c1-20(10-31-11-20)12-32-16-5-3-2-4-15(16)29-18(25)14(9-27-29)19(30)28-17-7-6-13(8-26-17)21(22,23)24/h2-9H,10-12,25H2,1H3,(H,26,28,30). The first-order chi connectivity index (χ1) is 15.2. The van der Waals surface area contributed by atoms with Crippen LogP contribution in [0.1, 0.15) is 22.8 Å². The summed E-state index contributed by atoms with van der Waals surface area (Å²) in [6.45, 7) is 3.72. The molecule has 0 aliphatic carbocycles. The van der Waals surface area contributed by atoms with E-state index in [0.29, 0.717) is 37.5 Å². The molecule has 0 unspecified atom stereocenters. The fourth-order valence-electron chi connectivity index (χ4n) is 3.08. The number of rotatable bonds is 6. The van der Waals surface area contributed by atoms with Crippen molar-refractivity contribution in [2.24, 2.45) is 5.41 Å². The van der Waals surface area contributed by atoms with Crippen LogP contribution in [-0.2, 0) is 10.9 Å². The molecule has 1 saturated heterocycles. The smallest absolute Gasteiger partial charge is 0.417 e. The van der Waals surface area contributed by atoms with E-state index in [-0.39, 0.29) is 22.6 Å². The summed E-state index contributed by atoms with van der Waals surface area (Å²) in [6, 6.07) is 9.00. The molecule has 2 aromatic heterocycles. The summed E-state index contributed by atoms with van der Waals surface area (Å²) in [7, 11) is 0. The van der Waals surface area contributed by atoms with Gasteiger partial charge in [0.25, 0.3) is 5.91 Å². The van der Waals surface area contributed by atoms with Crippen molar-refractivity contribution < 1.29 is 27.4 Å². The largest absolute Gasteiger partial charge is 0.491 e. The lowest BCUT2D eigenvalue weighted by atomic mass is 9.90. The molecule has 0 atom stereocenters. The van der Waals surface area contributed by atoms with Crippen LogP contribution >= 0.6 is 0 Å². The predicted octanol–water partition coefficient (Wildman–Crippen LogP) is 3.54. The third-order valence-corrected chi connectivity index (χ3v) is 4.95. The topological polar surface area (TPSA) is 104 Å². The number of carbonyl (C=O) groups is 1. The number of aromatic nitrogens is 3. The van der Waals surface area contributed by atoms with Crippen LogP contribution in [0.4, 0.5) is 24.8 Å². The Kier molecular flexibility index (Phi) is 5.51. The normalized spacial score (nSPS) is 15.1. The number of benzene rings is 1. The average Bonchev–Trinajstić information content (AvgIpc) is 3.12. The van der Waals surface area contributed by atoms with Crippen LogP contribution in [-0.4, -0.2) is 40.5 Å². The lowest BCUT2D eigenvalue weighted by molar-refractivity contribution is -0.137. The quantitative estimate of drug-likeness (QED) is 0.599. The highest BCUT2D eigenvalue weighted by Gasteiger charge is 2.34. The van der Waals surface area contributed by atoms with Crippen LogP contribution in [0.3, 0.4) is 0 Å². The van der Waals surface area contributed by atoms with Crippen molar-refractivity contribution in [2.75, 3.05) is 30.9 Å². The molecule has 0 bridgehead atoms. The first-order valence-electron chi connectivity index (χ1n) is 9.64. The molecule has 1 aliphatic heterocycles. The SMILES string of the molecule is CC1(COc2ccccc2-n2ncc(C(=O)Nc3ccc(C(F)(F)F)cn3)c2N)COC1. The van der Waals surface area contributed by atoms with Crippen LogP contribution in [0.2, 0.25) is 0 Å². The molecule has 0 radical (unpaired) electrons. The van der Waals surface area contributed by atoms with Crippen LogP contribution < -0.4 is 15.8 Å². The van der Waals surface area contributed by atoms with Gasteiger partial charge < -0.3 is 20.5 Å². The number of para-hydroxylation sites is 2. The van der Waals surface area contributed by atoms with E-state index >= 15 is 0 Å². The maximum atomic E-state index is 12.7. The first-order valence-corrected chi connectivity index (χ1v) is 9.64. The van der Waals surface area contributed by atoms with Crippen molar-refractivity contribution in [2.45, 2.75) is 13.1 Å². The molecule has 0 spiro atoms. The summed E-state index contributed by atoms with van der Waals surface area (Å²) in [5, 5.41) is 6.61. The molecule has 4 rings (SSSR count). The number of nitrogens with zero attached hydrogens (tertiary/aromatic N) is 3. The summed E-state index contributed by atoms with van der Waals surface area (Å²) < 4.78 is 50.6. The first kappa shape index (κ1) is 21.6. The lowest BCUT2D eigenvalue weighted by Gasteiger charge is -2.37. The zero-order chi connectivity index (χ0) is 22.9. The Morgan fingerprint density at radius 3 is 2.62 bits per heavy atom. The molecular weight excluding hydrogens is 427 g/mol. The highest BCUT2D eigenvalue weighted by atomic mass is 19.4. The van der Waals surface area contributed by atoms with E-state index < -0.39 is 17.6 Å². The number of amides is 1. The Labute approximate surface area is 181 Å². The molecule has 1 aromatic carbocycles. The van der Waals surface area contributed by atoms with Gasteiger partial charge in [-0.2, -0.15) is 18.3 Å². The molecule has 1 amide bonds. The van der Waals surface area contributed by atoms with Gasteiger partial charge in [-0.3, -0.25) is 4.79 Å². The summed E-state index contributed by atoms with van der Waals surface area (Å²) in [5.74, 6) is -0.121. The molecular formula is C21H20F3N5O3. The lowest BCUT2D eigenvalue weighted by Crippen LogP contribution is -2.44. The number of carbonyl (C=O) groups excluding carboxylic acids is 1. The summed E-state index contributed by atoms with van der Waals surface area (Å²) in [5.41, 5.74) is 5.76. The molecule has 3 heterocycles. The zero-order valence-corrected chi connectivity index (χ0v) is 17.0. The number of hydrogen-bond donors (Lipinski definition) is 2. The summed E-state index contributed by atoms with van der Waals surface area (Å²) >= 11 is 0. The van der Waals surface area contributed by atoms with Crippen molar-refractivity contribution in [3.8, 4) is 11.4 Å². The van der Waals surface area contributed by atoms with E-state index in [1.807, 2.05) is 6.07 Å². The van der Waals surface area contributed by atoms with Gasteiger partial charge in [-0.15, -0.1) is 0 Å². The number of pyridine rings is 1. The monoisotopic (exact) mass is 447 g/mol. The van der Waals surface area contributed by atoms with Gasteiger partial charge in [0.05, 0.1) is 31.6 Å². The number of ether oxygens (including phenoxy) is 2. The predicted molar refractivity (Wildman–Crippen MR) is 110 cm³/mol. The van der Waals surface area contributed by atoms with Gasteiger partial charge in [0.1, 0.15) is 28.6 Å². The van der Waals surface area contributed by atoms with Crippen molar-refractivity contribution in [3.63, 3.8) is 0 Å². The molecule has 3 N–H and O–H groups in total. The van der Waals surface area contributed by atoms with E-state index in [4.69, 9.17) is 15.2 Å². The Bertz CT molecular complexity index is 1120.